The molecule has 31 heavy (non-hydrogen) atoms. The fourth-order valence-electron chi connectivity index (χ4n) is 4.27. The summed E-state index contributed by atoms with van der Waals surface area (Å²) in [7, 11) is 3.64. The summed E-state index contributed by atoms with van der Waals surface area (Å²) in [6, 6.07) is 9.09. The molecule has 1 aromatic carbocycles. The van der Waals surface area contributed by atoms with Crippen LogP contribution < -0.4 is 10.2 Å². The van der Waals surface area contributed by atoms with Gasteiger partial charge >= 0.3 is 0 Å². The summed E-state index contributed by atoms with van der Waals surface area (Å²) in [5.74, 6) is 0.858. The van der Waals surface area contributed by atoms with Crippen LogP contribution >= 0.6 is 24.0 Å². The lowest BCUT2D eigenvalue weighted by Crippen LogP contribution is -2.56. The van der Waals surface area contributed by atoms with Crippen molar-refractivity contribution in [3.63, 3.8) is 0 Å². The normalized spacial score (nSPS) is 18.4. The van der Waals surface area contributed by atoms with E-state index in [0.29, 0.717) is 19.1 Å². The zero-order valence-electron chi connectivity index (χ0n) is 18.5. The van der Waals surface area contributed by atoms with Crippen LogP contribution in [-0.2, 0) is 24.8 Å². The second-order valence-electron chi connectivity index (χ2n) is 8.11. The molecule has 0 saturated carbocycles. The molecule has 1 unspecified atom stereocenters. The molecule has 0 spiro atoms. The van der Waals surface area contributed by atoms with E-state index in [1.54, 1.807) is 22.8 Å². The number of aliphatic imine (C=N–C) groups is 1. The van der Waals surface area contributed by atoms with Crippen molar-refractivity contribution in [2.45, 2.75) is 25.9 Å². The molecule has 1 fully saturated rings. The third kappa shape index (κ3) is 5.38. The highest BCUT2D eigenvalue weighted by molar-refractivity contribution is 14.0. The van der Waals surface area contributed by atoms with E-state index in [-0.39, 0.29) is 29.9 Å². The number of nitrogens with zero attached hydrogens (tertiary/aromatic N) is 6. The van der Waals surface area contributed by atoms with Gasteiger partial charge in [-0.2, -0.15) is 5.10 Å². The van der Waals surface area contributed by atoms with Gasteiger partial charge in [-0.1, -0.05) is 24.3 Å². The predicted octanol–water partition coefficient (Wildman–Crippen LogP) is 1.71. The SMILES string of the molecule is CN=C(NCC(C)N1CCc2ccccc2C1)N1CCN(c2cnn(C)c2)C(=O)C1.I. The van der Waals surface area contributed by atoms with Crippen LogP contribution in [0.5, 0.6) is 0 Å². The minimum absolute atomic E-state index is 0. The van der Waals surface area contributed by atoms with Crippen molar-refractivity contribution in [1.82, 2.24) is 24.9 Å². The van der Waals surface area contributed by atoms with Gasteiger partial charge in [0.05, 0.1) is 11.9 Å². The summed E-state index contributed by atoms with van der Waals surface area (Å²) >= 11 is 0. The molecule has 4 rings (SSSR count). The van der Waals surface area contributed by atoms with E-state index in [9.17, 15) is 4.79 Å². The van der Waals surface area contributed by atoms with E-state index in [4.69, 9.17) is 0 Å². The number of amides is 1. The van der Waals surface area contributed by atoms with Crippen molar-refractivity contribution in [3.8, 4) is 0 Å². The second kappa shape index (κ2) is 10.4. The zero-order chi connectivity index (χ0) is 21.1. The van der Waals surface area contributed by atoms with Gasteiger partial charge in [-0.25, -0.2) is 0 Å². The number of hydrogen-bond donors (Lipinski definition) is 1. The number of benzene rings is 1. The van der Waals surface area contributed by atoms with Gasteiger partial charge in [0.1, 0.15) is 6.54 Å². The van der Waals surface area contributed by atoms with Gasteiger partial charge in [0.25, 0.3) is 0 Å². The number of hydrogen-bond acceptors (Lipinski definition) is 4. The molecule has 0 aliphatic carbocycles. The smallest absolute Gasteiger partial charge is 0.246 e. The maximum absolute atomic E-state index is 12.7. The lowest BCUT2D eigenvalue weighted by Gasteiger charge is -2.37. The number of nitrogens with one attached hydrogen (secondary N) is 1. The number of aryl methyl sites for hydroxylation is 1. The van der Waals surface area contributed by atoms with Gasteiger partial charge in [-0.3, -0.25) is 19.4 Å². The number of anilines is 1. The quantitative estimate of drug-likeness (QED) is 0.366. The van der Waals surface area contributed by atoms with Crippen LogP contribution in [0.15, 0.2) is 41.7 Å². The lowest BCUT2D eigenvalue weighted by atomic mass is 9.99. The maximum atomic E-state index is 12.7. The van der Waals surface area contributed by atoms with Gasteiger partial charge in [-0.15, -0.1) is 24.0 Å². The van der Waals surface area contributed by atoms with E-state index in [2.05, 4.69) is 51.5 Å². The molecule has 168 valence electrons. The molecule has 8 nitrogen and oxygen atoms in total. The first-order chi connectivity index (χ1) is 14.5. The number of carbonyl (C=O) groups excluding carboxylic acids is 1. The van der Waals surface area contributed by atoms with Gasteiger partial charge in [0.2, 0.25) is 5.91 Å². The summed E-state index contributed by atoms with van der Waals surface area (Å²) in [6.45, 7) is 6.79. The first kappa shape index (κ1) is 23.5. The molecule has 9 heteroatoms. The highest BCUT2D eigenvalue weighted by Crippen LogP contribution is 2.20. The summed E-state index contributed by atoms with van der Waals surface area (Å²) in [5.41, 5.74) is 3.75. The van der Waals surface area contributed by atoms with E-state index in [1.165, 1.54) is 11.1 Å². The van der Waals surface area contributed by atoms with E-state index in [1.807, 2.05) is 18.1 Å². The van der Waals surface area contributed by atoms with Crippen molar-refractivity contribution in [2.24, 2.45) is 12.0 Å². The third-order valence-electron chi connectivity index (χ3n) is 6.07. The molecule has 2 aliphatic rings. The predicted molar refractivity (Wildman–Crippen MR) is 134 cm³/mol. The lowest BCUT2D eigenvalue weighted by molar-refractivity contribution is -0.120. The summed E-state index contributed by atoms with van der Waals surface area (Å²) in [5, 5.41) is 7.66. The second-order valence-corrected chi connectivity index (χ2v) is 8.11. The number of fused-ring (bicyclic) bond motifs is 1. The Morgan fingerprint density at radius 1 is 1.19 bits per heavy atom. The third-order valence-corrected chi connectivity index (χ3v) is 6.07. The Kier molecular flexibility index (Phi) is 7.93. The van der Waals surface area contributed by atoms with Crippen LogP contribution in [0.3, 0.4) is 0 Å². The fraction of sp³-hybridized carbons (Fsp3) is 0.500. The summed E-state index contributed by atoms with van der Waals surface area (Å²) in [4.78, 5) is 23.5. The molecule has 1 aromatic heterocycles. The largest absolute Gasteiger partial charge is 0.355 e. The Morgan fingerprint density at radius 2 is 1.97 bits per heavy atom. The molecule has 1 N–H and O–H groups in total. The number of carbonyl (C=O) groups is 1. The van der Waals surface area contributed by atoms with Gasteiger partial charge in [-0.05, 0) is 24.5 Å². The first-order valence-corrected chi connectivity index (χ1v) is 10.6. The standard InChI is InChI=1S/C22H31N7O.HI/c1-17(27-9-8-18-6-4-5-7-19(18)14-27)12-24-22(23-2)28-10-11-29(21(30)16-28)20-13-25-26(3)15-20;/h4-7,13,15,17H,8-12,14,16H2,1-3H3,(H,23,24);1H. The molecule has 1 saturated heterocycles. The number of rotatable bonds is 4. The van der Waals surface area contributed by atoms with Crippen LogP contribution in [-0.4, -0.2) is 77.3 Å². The average molecular weight is 537 g/mol. The molecule has 0 radical (unpaired) electrons. The van der Waals surface area contributed by atoms with Gasteiger partial charge in [0.15, 0.2) is 5.96 Å². The first-order valence-electron chi connectivity index (χ1n) is 10.6. The Hall–Kier alpha value is -2.14. The molecular weight excluding hydrogens is 505 g/mol. The summed E-state index contributed by atoms with van der Waals surface area (Å²) in [6.07, 6.45) is 4.71. The van der Waals surface area contributed by atoms with Crippen LogP contribution in [0.4, 0.5) is 5.69 Å². The molecular formula is C22H32IN7O. The van der Waals surface area contributed by atoms with Gasteiger partial charge in [0, 0.05) is 59.1 Å². The molecule has 1 atom stereocenters. The molecule has 2 aromatic rings. The monoisotopic (exact) mass is 537 g/mol. The number of piperazine rings is 1. The molecule has 1 amide bonds. The van der Waals surface area contributed by atoms with E-state index in [0.717, 1.165) is 44.2 Å². The molecule has 3 heterocycles. The maximum Gasteiger partial charge on any atom is 0.246 e. The van der Waals surface area contributed by atoms with Crippen molar-refractivity contribution in [1.29, 1.82) is 0 Å². The zero-order valence-corrected chi connectivity index (χ0v) is 20.8. The number of guanidine groups is 1. The van der Waals surface area contributed by atoms with Crippen molar-refractivity contribution in [3.05, 3.63) is 47.8 Å². The Morgan fingerprint density at radius 3 is 2.65 bits per heavy atom. The number of halogens is 1. The Labute approximate surface area is 201 Å². The minimum Gasteiger partial charge on any atom is -0.355 e. The van der Waals surface area contributed by atoms with Crippen LogP contribution in [0.25, 0.3) is 0 Å². The molecule has 2 aliphatic heterocycles. The van der Waals surface area contributed by atoms with Crippen molar-refractivity contribution in [2.75, 3.05) is 44.7 Å². The van der Waals surface area contributed by atoms with Crippen LogP contribution in [0.1, 0.15) is 18.1 Å². The average Bonchev–Trinajstić information content (AvgIpc) is 3.19. The van der Waals surface area contributed by atoms with Crippen molar-refractivity contribution < 1.29 is 4.79 Å². The minimum atomic E-state index is 0. The Balaban J connectivity index is 0.00000272. The highest BCUT2D eigenvalue weighted by atomic mass is 127. The molecule has 0 bridgehead atoms. The van der Waals surface area contributed by atoms with Crippen LogP contribution in [0, 0.1) is 0 Å². The fourth-order valence-corrected chi connectivity index (χ4v) is 4.27. The topological polar surface area (TPSA) is 69.0 Å². The Bertz CT molecular complexity index is 928. The van der Waals surface area contributed by atoms with E-state index >= 15 is 0 Å². The van der Waals surface area contributed by atoms with E-state index < -0.39 is 0 Å². The van der Waals surface area contributed by atoms with Crippen LogP contribution in [0.2, 0.25) is 0 Å². The van der Waals surface area contributed by atoms with Crippen molar-refractivity contribution >= 4 is 41.5 Å². The number of aromatic nitrogens is 2. The van der Waals surface area contributed by atoms with Gasteiger partial charge < -0.3 is 15.1 Å². The summed E-state index contributed by atoms with van der Waals surface area (Å²) < 4.78 is 1.72. The highest BCUT2D eigenvalue weighted by Gasteiger charge is 2.28.